The van der Waals surface area contributed by atoms with Crippen molar-refractivity contribution < 1.29 is 13.7 Å². The van der Waals surface area contributed by atoms with E-state index in [9.17, 15) is 9.18 Å². The SMILES string of the molecule is N#Cc1ccc(C(=O)N2CCC(c3cc(N)on3)CC2)cc1F. The van der Waals surface area contributed by atoms with Crippen LogP contribution in [0, 0.1) is 17.1 Å². The molecular formula is C16H15FN4O2. The predicted molar refractivity (Wildman–Crippen MR) is 79.9 cm³/mol. The Hall–Kier alpha value is -2.88. The van der Waals surface area contributed by atoms with Crippen molar-refractivity contribution in [1.82, 2.24) is 10.1 Å². The fourth-order valence-electron chi connectivity index (χ4n) is 2.80. The maximum Gasteiger partial charge on any atom is 0.253 e. The van der Waals surface area contributed by atoms with Gasteiger partial charge >= 0.3 is 0 Å². The van der Waals surface area contributed by atoms with E-state index in [1.54, 1.807) is 17.0 Å². The van der Waals surface area contributed by atoms with Gasteiger partial charge in [-0.05, 0) is 31.0 Å². The van der Waals surface area contributed by atoms with Crippen LogP contribution in [0.25, 0.3) is 0 Å². The summed E-state index contributed by atoms with van der Waals surface area (Å²) in [4.78, 5) is 14.1. The molecule has 6 nitrogen and oxygen atoms in total. The third kappa shape index (κ3) is 3.01. The molecule has 1 aliphatic rings. The lowest BCUT2D eigenvalue weighted by atomic mass is 9.93. The molecule has 0 unspecified atom stereocenters. The zero-order valence-electron chi connectivity index (χ0n) is 12.3. The molecule has 3 rings (SSSR count). The normalized spacial score (nSPS) is 15.4. The maximum absolute atomic E-state index is 13.6. The molecule has 1 aliphatic heterocycles. The first kappa shape index (κ1) is 15.0. The summed E-state index contributed by atoms with van der Waals surface area (Å²) in [5, 5.41) is 12.6. The van der Waals surface area contributed by atoms with Crippen molar-refractivity contribution in [2.75, 3.05) is 18.8 Å². The van der Waals surface area contributed by atoms with Gasteiger partial charge in [-0.2, -0.15) is 5.26 Å². The summed E-state index contributed by atoms with van der Waals surface area (Å²) in [6.07, 6.45) is 1.49. The molecule has 2 heterocycles. The number of likely N-dealkylation sites (tertiary alicyclic amines) is 1. The molecule has 23 heavy (non-hydrogen) atoms. The van der Waals surface area contributed by atoms with E-state index in [0.29, 0.717) is 13.1 Å². The highest BCUT2D eigenvalue weighted by Gasteiger charge is 2.26. The van der Waals surface area contributed by atoms with Crippen LogP contribution in [0.15, 0.2) is 28.8 Å². The van der Waals surface area contributed by atoms with Gasteiger partial charge in [0.1, 0.15) is 11.9 Å². The number of carbonyl (C=O) groups is 1. The number of nitrogen functional groups attached to an aromatic ring is 1. The Bertz CT molecular complexity index is 773. The van der Waals surface area contributed by atoms with E-state index in [1.807, 2.05) is 0 Å². The summed E-state index contributed by atoms with van der Waals surface area (Å²) in [6.45, 7) is 1.11. The summed E-state index contributed by atoms with van der Waals surface area (Å²) in [7, 11) is 0. The lowest BCUT2D eigenvalue weighted by Gasteiger charge is -2.31. The van der Waals surface area contributed by atoms with Gasteiger partial charge in [-0.25, -0.2) is 4.39 Å². The number of hydrogen-bond acceptors (Lipinski definition) is 5. The van der Waals surface area contributed by atoms with Gasteiger partial charge in [-0.3, -0.25) is 4.79 Å². The zero-order valence-corrected chi connectivity index (χ0v) is 12.3. The quantitative estimate of drug-likeness (QED) is 0.917. The first-order chi connectivity index (χ1) is 11.1. The lowest BCUT2D eigenvalue weighted by molar-refractivity contribution is 0.0711. The van der Waals surface area contributed by atoms with Crippen molar-refractivity contribution in [3.05, 3.63) is 46.9 Å². The molecule has 2 N–H and O–H groups in total. The number of carbonyl (C=O) groups excluding carboxylic acids is 1. The monoisotopic (exact) mass is 314 g/mol. The van der Waals surface area contributed by atoms with Gasteiger partial charge in [0.15, 0.2) is 0 Å². The fourth-order valence-corrected chi connectivity index (χ4v) is 2.80. The van der Waals surface area contributed by atoms with Crippen molar-refractivity contribution in [1.29, 1.82) is 5.26 Å². The Kier molecular flexibility index (Phi) is 3.98. The van der Waals surface area contributed by atoms with Crippen LogP contribution < -0.4 is 5.73 Å². The maximum atomic E-state index is 13.6. The van der Waals surface area contributed by atoms with E-state index in [-0.39, 0.29) is 28.8 Å². The number of nitriles is 1. The molecule has 0 saturated carbocycles. The van der Waals surface area contributed by atoms with Crippen LogP contribution in [0.1, 0.15) is 40.4 Å². The smallest absolute Gasteiger partial charge is 0.253 e. The highest BCUT2D eigenvalue weighted by Crippen LogP contribution is 2.28. The average Bonchev–Trinajstić information content (AvgIpc) is 3.01. The van der Waals surface area contributed by atoms with Crippen LogP contribution in [-0.2, 0) is 0 Å². The fraction of sp³-hybridized carbons (Fsp3) is 0.312. The Balaban J connectivity index is 1.66. The first-order valence-corrected chi connectivity index (χ1v) is 7.29. The van der Waals surface area contributed by atoms with Gasteiger partial charge in [0, 0.05) is 30.6 Å². The summed E-state index contributed by atoms with van der Waals surface area (Å²) in [5.74, 6) is -0.415. The van der Waals surface area contributed by atoms with E-state index >= 15 is 0 Å². The molecule has 1 aromatic carbocycles. The summed E-state index contributed by atoms with van der Waals surface area (Å²) in [6, 6.07) is 7.37. The van der Waals surface area contributed by atoms with Gasteiger partial charge in [0.05, 0.1) is 11.3 Å². The predicted octanol–water partition coefficient (Wildman–Crippen LogP) is 2.29. The van der Waals surface area contributed by atoms with Gasteiger partial charge in [-0.15, -0.1) is 0 Å². The molecule has 1 saturated heterocycles. The molecule has 7 heteroatoms. The highest BCUT2D eigenvalue weighted by molar-refractivity contribution is 5.94. The Morgan fingerprint density at radius 1 is 1.39 bits per heavy atom. The van der Waals surface area contributed by atoms with Crippen molar-refractivity contribution in [3.8, 4) is 6.07 Å². The lowest BCUT2D eigenvalue weighted by Crippen LogP contribution is -2.38. The molecule has 1 amide bonds. The number of nitrogens with two attached hydrogens (primary N) is 1. The largest absolute Gasteiger partial charge is 0.368 e. The van der Waals surface area contributed by atoms with Crippen molar-refractivity contribution in [3.63, 3.8) is 0 Å². The molecule has 2 aromatic rings. The van der Waals surface area contributed by atoms with Crippen LogP contribution in [0.2, 0.25) is 0 Å². The number of anilines is 1. The number of aromatic nitrogens is 1. The van der Waals surface area contributed by atoms with Crippen molar-refractivity contribution in [2.24, 2.45) is 0 Å². The Morgan fingerprint density at radius 2 is 2.13 bits per heavy atom. The molecule has 0 spiro atoms. The van der Waals surface area contributed by atoms with Crippen molar-refractivity contribution in [2.45, 2.75) is 18.8 Å². The molecule has 0 aliphatic carbocycles. The number of amides is 1. The third-order valence-corrected chi connectivity index (χ3v) is 4.08. The van der Waals surface area contributed by atoms with Crippen LogP contribution in [0.4, 0.5) is 10.3 Å². The molecule has 1 fully saturated rings. The van der Waals surface area contributed by atoms with E-state index in [4.69, 9.17) is 15.5 Å². The average molecular weight is 314 g/mol. The second-order valence-electron chi connectivity index (χ2n) is 5.53. The minimum absolute atomic E-state index is 0.0659. The van der Waals surface area contributed by atoms with Crippen LogP contribution in [0.5, 0.6) is 0 Å². The molecule has 1 aromatic heterocycles. The second-order valence-corrected chi connectivity index (χ2v) is 5.53. The van der Waals surface area contributed by atoms with Gasteiger partial charge in [0.2, 0.25) is 5.88 Å². The molecular weight excluding hydrogens is 299 g/mol. The minimum Gasteiger partial charge on any atom is -0.368 e. The molecule has 0 bridgehead atoms. The van der Waals surface area contributed by atoms with Crippen molar-refractivity contribution >= 4 is 11.8 Å². The zero-order chi connectivity index (χ0) is 16.4. The molecule has 0 atom stereocenters. The van der Waals surface area contributed by atoms with Crippen LogP contribution in [-0.4, -0.2) is 29.1 Å². The number of hydrogen-bond donors (Lipinski definition) is 1. The van der Waals surface area contributed by atoms with Crippen LogP contribution in [0.3, 0.4) is 0 Å². The van der Waals surface area contributed by atoms with Gasteiger partial charge < -0.3 is 15.2 Å². The van der Waals surface area contributed by atoms with E-state index in [2.05, 4.69) is 5.16 Å². The number of nitrogens with zero attached hydrogens (tertiary/aromatic N) is 3. The first-order valence-electron chi connectivity index (χ1n) is 7.29. The number of halogens is 1. The summed E-state index contributed by atoms with van der Waals surface area (Å²) < 4.78 is 18.5. The standard InChI is InChI=1S/C16H15FN4O2/c17-13-7-11(1-2-12(13)9-18)16(22)21-5-3-10(4-6-21)14-8-15(19)23-20-14/h1-2,7-8,10H,3-6,19H2. The highest BCUT2D eigenvalue weighted by atomic mass is 19.1. The van der Waals surface area contributed by atoms with E-state index in [0.717, 1.165) is 24.6 Å². The third-order valence-electron chi connectivity index (χ3n) is 4.08. The summed E-state index contributed by atoms with van der Waals surface area (Å²) in [5.41, 5.74) is 6.52. The van der Waals surface area contributed by atoms with Crippen LogP contribution >= 0.6 is 0 Å². The second kappa shape index (κ2) is 6.08. The molecule has 0 radical (unpaired) electrons. The van der Waals surface area contributed by atoms with E-state index < -0.39 is 5.82 Å². The van der Waals surface area contributed by atoms with E-state index in [1.165, 1.54) is 12.1 Å². The minimum atomic E-state index is -0.675. The summed E-state index contributed by atoms with van der Waals surface area (Å²) >= 11 is 0. The Morgan fingerprint density at radius 3 is 2.70 bits per heavy atom. The van der Waals surface area contributed by atoms with Gasteiger partial charge in [0.25, 0.3) is 5.91 Å². The number of piperidine rings is 1. The number of rotatable bonds is 2. The molecule has 118 valence electrons. The topological polar surface area (TPSA) is 96.2 Å². The Labute approximate surface area is 132 Å². The number of benzene rings is 1. The van der Waals surface area contributed by atoms with Gasteiger partial charge in [-0.1, -0.05) is 5.16 Å².